The van der Waals surface area contributed by atoms with Gasteiger partial charge < -0.3 is 71.5 Å². The first-order valence-corrected chi connectivity index (χ1v) is 17.2. The Kier molecular flexibility index (Phi) is 13.1. The van der Waals surface area contributed by atoms with Gasteiger partial charge in [0.15, 0.2) is 57.6 Å². The van der Waals surface area contributed by atoms with Crippen LogP contribution in [0, 0.1) is 0 Å². The monoisotopic (exact) mass is 858 g/mol. The van der Waals surface area contributed by atoms with E-state index in [9.17, 15) is 100 Å². The lowest BCUT2D eigenvalue weighted by molar-refractivity contribution is -0.261. The molecule has 0 aliphatic carbocycles. The molecule has 0 bridgehead atoms. The number of hydrogen-bond acceptors (Lipinski definition) is 18. The highest BCUT2D eigenvalue weighted by molar-refractivity contribution is 6.27. The first-order chi connectivity index (χ1) is 28.9. The van der Waals surface area contributed by atoms with E-state index in [0.717, 1.165) is 72.8 Å². The summed E-state index contributed by atoms with van der Waals surface area (Å²) in [6.07, 6.45) is 2.50. The number of phenolic OH excluding ortho intramolecular Hbond substituents is 8. The normalized spacial score (nSPS) is 15.7. The van der Waals surface area contributed by atoms with E-state index in [2.05, 4.69) is 0 Å². The summed E-state index contributed by atoms with van der Waals surface area (Å²) >= 11 is 0. The number of carboxylic acids is 2. The van der Waals surface area contributed by atoms with E-state index < -0.39 is 103 Å². The number of phenols is 8. The van der Waals surface area contributed by atoms with Crippen LogP contribution in [-0.4, -0.2) is 129 Å². The minimum absolute atomic E-state index is 0.0243. The van der Waals surface area contributed by atoms with Crippen LogP contribution in [0.25, 0.3) is 24.3 Å². The van der Waals surface area contributed by atoms with Crippen LogP contribution >= 0.6 is 0 Å². The Morgan fingerprint density at radius 1 is 0.339 bits per heavy atom. The first kappa shape index (κ1) is 46.4. The smallest absolute Gasteiger partial charge is 0.347 e. The average Bonchev–Trinajstić information content (AvgIpc) is 3.23. The molecule has 0 fully saturated rings. The second kappa shape index (κ2) is 17.5. The number of carboxylic acid groups (broad SMARTS) is 2. The van der Waals surface area contributed by atoms with Crippen LogP contribution in [0.2, 0.25) is 0 Å². The van der Waals surface area contributed by atoms with Crippen molar-refractivity contribution in [2.75, 3.05) is 0 Å². The Morgan fingerprint density at radius 2 is 0.548 bits per heavy atom. The van der Waals surface area contributed by atoms with Gasteiger partial charge in [-0.05, 0) is 95.1 Å². The van der Waals surface area contributed by atoms with Gasteiger partial charge in [0.2, 0.25) is 22.8 Å². The number of carbonyl (C=O) groups excluding carboxylic acids is 4. The van der Waals surface area contributed by atoms with E-state index in [1.165, 1.54) is 0 Å². The van der Waals surface area contributed by atoms with Crippen LogP contribution in [0.15, 0.2) is 97.1 Å². The fourth-order valence-corrected chi connectivity index (χ4v) is 5.86. The summed E-state index contributed by atoms with van der Waals surface area (Å²) in [5, 5.41) is 149. The van der Waals surface area contributed by atoms with Gasteiger partial charge in [0.25, 0.3) is 11.2 Å². The molecule has 0 spiro atoms. The topological polar surface area (TPSA) is 386 Å². The van der Waals surface area contributed by atoms with Crippen LogP contribution in [0.4, 0.5) is 0 Å². The zero-order valence-corrected chi connectivity index (χ0v) is 31.3. The van der Waals surface area contributed by atoms with Gasteiger partial charge in [-0.1, -0.05) is 48.6 Å². The lowest BCUT2D eigenvalue weighted by Gasteiger charge is -2.50. The minimum atomic E-state index is -5.29. The quantitative estimate of drug-likeness (QED) is 0.0397. The maximum atomic E-state index is 14.5. The van der Waals surface area contributed by atoms with E-state index in [1.807, 2.05) is 0 Å². The summed E-state index contributed by atoms with van der Waals surface area (Å²) in [6.45, 7) is 0. The average molecular weight is 859 g/mol. The summed E-state index contributed by atoms with van der Waals surface area (Å²) in [5.41, 5.74) is -21.8. The van der Waals surface area contributed by atoms with Gasteiger partial charge in [0.05, 0.1) is 0 Å². The molecule has 0 aliphatic heterocycles. The highest BCUT2D eigenvalue weighted by Crippen LogP contribution is 2.45. The second-order valence-electron chi connectivity index (χ2n) is 13.2. The molecule has 0 aromatic heterocycles. The number of aliphatic carboxylic acids is 2. The van der Waals surface area contributed by atoms with Gasteiger partial charge in [-0.2, -0.15) is 0 Å². The molecule has 14 N–H and O–H groups in total. The molecule has 0 radical (unpaired) electrons. The molecule has 62 heavy (non-hydrogen) atoms. The largest absolute Gasteiger partial charge is 0.504 e. The number of aliphatic hydroxyl groups is 4. The molecule has 2 unspecified atom stereocenters. The molecule has 322 valence electrons. The van der Waals surface area contributed by atoms with Gasteiger partial charge in [-0.15, -0.1) is 0 Å². The van der Waals surface area contributed by atoms with Gasteiger partial charge in [-0.25, -0.2) is 9.59 Å². The molecule has 4 aromatic rings. The number of ketones is 4. The number of carbonyl (C=O) groups is 6. The van der Waals surface area contributed by atoms with Crippen molar-refractivity contribution in [3.05, 3.63) is 119 Å². The molecule has 4 aromatic carbocycles. The van der Waals surface area contributed by atoms with Gasteiger partial charge in [0, 0.05) is 0 Å². The van der Waals surface area contributed by atoms with Crippen LogP contribution in [-0.2, 0) is 28.8 Å². The van der Waals surface area contributed by atoms with Crippen LogP contribution < -0.4 is 0 Å². The maximum absolute atomic E-state index is 14.5. The van der Waals surface area contributed by atoms with Gasteiger partial charge in [-0.3, -0.25) is 19.2 Å². The van der Waals surface area contributed by atoms with Crippen LogP contribution in [0.1, 0.15) is 22.3 Å². The molecule has 0 saturated heterocycles. The predicted molar refractivity (Wildman–Crippen MR) is 210 cm³/mol. The lowest BCUT2D eigenvalue weighted by atomic mass is 9.57. The fourth-order valence-electron chi connectivity index (χ4n) is 5.86. The third-order valence-corrected chi connectivity index (χ3v) is 9.32. The molecule has 20 heteroatoms. The SMILES string of the molecule is O=C(O)C(O)(C(=O)C=Cc1ccc(O)c(O)c1)[C@](O)(C(=O)C=Cc1ccc(O)c(O)c1)[C@@](O)(C(=O)C=Cc1ccc(O)c(O)c1)C(O)(C(=O)O)C(=O)C=Cc1ccc(O)c(O)c1. The van der Waals surface area contributed by atoms with Crippen LogP contribution in [0.3, 0.4) is 0 Å². The molecular formula is C42H34O20. The van der Waals surface area contributed by atoms with E-state index in [-0.39, 0.29) is 46.6 Å². The lowest BCUT2D eigenvalue weighted by Crippen LogP contribution is -2.86. The molecule has 4 rings (SSSR count). The summed E-state index contributed by atoms with van der Waals surface area (Å²) in [6, 6.07) is 10.4. The Bertz CT molecular complexity index is 2440. The van der Waals surface area contributed by atoms with E-state index in [4.69, 9.17) is 0 Å². The first-order valence-electron chi connectivity index (χ1n) is 17.2. The van der Waals surface area contributed by atoms with Gasteiger partial charge in [0.1, 0.15) is 0 Å². The van der Waals surface area contributed by atoms with E-state index in [1.54, 1.807) is 0 Å². The summed E-state index contributed by atoms with van der Waals surface area (Å²) < 4.78 is 0. The Labute approximate surface area is 347 Å². The highest BCUT2D eigenvalue weighted by atomic mass is 16.5. The predicted octanol–water partition coefficient (Wildman–Crippen LogP) is 0.855. The van der Waals surface area contributed by atoms with Crippen molar-refractivity contribution in [1.82, 2.24) is 0 Å². The van der Waals surface area contributed by atoms with Crippen molar-refractivity contribution in [1.29, 1.82) is 0 Å². The second-order valence-corrected chi connectivity index (χ2v) is 13.2. The third kappa shape index (κ3) is 8.28. The van der Waals surface area contributed by atoms with Crippen molar-refractivity contribution in [2.45, 2.75) is 22.4 Å². The zero-order valence-electron chi connectivity index (χ0n) is 31.3. The number of aromatic hydroxyl groups is 8. The molecule has 0 heterocycles. The molecule has 20 nitrogen and oxygen atoms in total. The van der Waals surface area contributed by atoms with Crippen molar-refractivity contribution >= 4 is 59.4 Å². The summed E-state index contributed by atoms with van der Waals surface area (Å²) in [4.78, 5) is 83.3. The Morgan fingerprint density at radius 3 is 0.742 bits per heavy atom. The molecule has 0 saturated carbocycles. The van der Waals surface area contributed by atoms with Crippen molar-refractivity contribution in [2.24, 2.45) is 0 Å². The molecule has 4 atom stereocenters. The van der Waals surface area contributed by atoms with Gasteiger partial charge >= 0.3 is 11.9 Å². The number of hydrogen-bond donors (Lipinski definition) is 14. The minimum Gasteiger partial charge on any atom is -0.504 e. The van der Waals surface area contributed by atoms with Crippen LogP contribution in [0.5, 0.6) is 46.0 Å². The summed E-state index contributed by atoms with van der Waals surface area (Å²) in [5.74, 6) is -22.0. The Hall–Kier alpha value is -8.30. The van der Waals surface area contributed by atoms with E-state index >= 15 is 0 Å². The number of rotatable bonds is 17. The highest BCUT2D eigenvalue weighted by Gasteiger charge is 2.83. The van der Waals surface area contributed by atoms with Crippen molar-refractivity contribution < 1.29 is 100 Å². The maximum Gasteiger partial charge on any atom is 0.347 e. The summed E-state index contributed by atoms with van der Waals surface area (Å²) in [7, 11) is 0. The third-order valence-electron chi connectivity index (χ3n) is 9.32. The van der Waals surface area contributed by atoms with Crippen molar-refractivity contribution in [3.8, 4) is 46.0 Å². The fraction of sp³-hybridized carbons (Fsp3) is 0.0952. The van der Waals surface area contributed by atoms with E-state index in [0.29, 0.717) is 24.3 Å². The molecule has 0 amide bonds. The number of benzene rings is 4. The zero-order chi connectivity index (χ0) is 46.5. The standard InChI is InChI=1S/C42H34O20/c43-25-9-1-21(17-29(25)47)5-13-33(51)39(59,37(55)56)41(61,35(53)15-7-23-3-11-27(45)31(49)19-23)42(62,36(54)16-8-24-4-12-28(46)32(50)20-24)40(60,38(57)58)34(52)14-6-22-2-10-26(44)30(48)18-22/h1-20,43-50,59-62H,(H,55,56)(H,57,58)/t39?,40?,41-,42-/m1/s1. The molecule has 0 aliphatic rings. The Balaban J connectivity index is 2.15. The van der Waals surface area contributed by atoms with Crippen molar-refractivity contribution in [3.63, 3.8) is 0 Å². The molecular weight excluding hydrogens is 824 g/mol.